The van der Waals surface area contributed by atoms with Gasteiger partial charge in [0.05, 0.1) is 5.69 Å². The number of amides is 1. The molecule has 2 fully saturated rings. The minimum absolute atomic E-state index is 0. The van der Waals surface area contributed by atoms with Gasteiger partial charge in [-0.25, -0.2) is 4.68 Å². The second kappa shape index (κ2) is 6.98. The summed E-state index contributed by atoms with van der Waals surface area (Å²) in [6, 6.07) is 9.55. The Morgan fingerprint density at radius 3 is 2.80 bits per heavy atom. The van der Waals surface area contributed by atoms with Crippen molar-refractivity contribution in [2.24, 2.45) is 17.6 Å². The first kappa shape index (κ1) is 18.2. The maximum Gasteiger partial charge on any atom is 0.274 e. The molecule has 5 nitrogen and oxygen atoms in total. The maximum absolute atomic E-state index is 12.8. The van der Waals surface area contributed by atoms with Gasteiger partial charge in [-0.1, -0.05) is 17.7 Å². The fraction of sp³-hybridized carbons (Fsp3) is 0.444. The van der Waals surface area contributed by atoms with E-state index in [4.69, 9.17) is 17.3 Å². The summed E-state index contributed by atoms with van der Waals surface area (Å²) >= 11 is 6.06. The highest BCUT2D eigenvalue weighted by atomic mass is 35.5. The van der Waals surface area contributed by atoms with E-state index >= 15 is 0 Å². The summed E-state index contributed by atoms with van der Waals surface area (Å²) in [5.41, 5.74) is 8.43. The van der Waals surface area contributed by atoms with Gasteiger partial charge >= 0.3 is 0 Å². The molecule has 1 aliphatic carbocycles. The molecule has 1 saturated carbocycles. The van der Waals surface area contributed by atoms with Crippen LogP contribution in [0.4, 0.5) is 0 Å². The third-order valence-corrected chi connectivity index (χ3v) is 5.59. The summed E-state index contributed by atoms with van der Waals surface area (Å²) in [5.74, 6) is 1.01. The Morgan fingerprint density at radius 1 is 1.28 bits per heavy atom. The Balaban J connectivity index is 0.00000182. The fourth-order valence-electron chi connectivity index (χ4n) is 4.08. The highest BCUT2D eigenvalue weighted by Gasteiger charge is 2.43. The van der Waals surface area contributed by atoms with Crippen LogP contribution in [0.2, 0.25) is 5.02 Å². The summed E-state index contributed by atoms with van der Waals surface area (Å²) in [4.78, 5) is 14.7. The molecular weight excluding hydrogens is 359 g/mol. The molecule has 0 bridgehead atoms. The number of benzene rings is 1. The molecule has 2 aromatic rings. The highest BCUT2D eigenvalue weighted by Crippen LogP contribution is 2.37. The number of fused-ring (bicyclic) bond motifs is 1. The van der Waals surface area contributed by atoms with Gasteiger partial charge in [-0.05, 0) is 55.9 Å². The topological polar surface area (TPSA) is 64.2 Å². The molecule has 1 aliphatic heterocycles. The van der Waals surface area contributed by atoms with Gasteiger partial charge < -0.3 is 10.6 Å². The average Bonchev–Trinajstić information content (AvgIpc) is 3.23. The van der Waals surface area contributed by atoms with Gasteiger partial charge in [0.2, 0.25) is 0 Å². The first-order valence-corrected chi connectivity index (χ1v) is 8.78. The van der Waals surface area contributed by atoms with Crippen molar-refractivity contribution in [2.45, 2.75) is 25.8 Å². The number of likely N-dealkylation sites (tertiary alicyclic amines) is 1. The van der Waals surface area contributed by atoms with Gasteiger partial charge in [0.25, 0.3) is 5.91 Å². The second-order valence-electron chi connectivity index (χ2n) is 6.94. The lowest BCUT2D eigenvalue weighted by molar-refractivity contribution is 0.0773. The molecule has 3 unspecified atom stereocenters. The van der Waals surface area contributed by atoms with Crippen LogP contribution in [-0.4, -0.2) is 39.7 Å². The third-order valence-electron chi connectivity index (χ3n) is 5.36. The summed E-state index contributed by atoms with van der Waals surface area (Å²) in [6.07, 6.45) is 2.21. The first-order valence-electron chi connectivity index (χ1n) is 8.40. The number of rotatable bonds is 2. The van der Waals surface area contributed by atoms with Crippen LogP contribution in [0.25, 0.3) is 5.69 Å². The molecule has 0 spiro atoms. The Hall–Kier alpha value is -1.56. The minimum atomic E-state index is 0. The molecule has 7 heteroatoms. The van der Waals surface area contributed by atoms with Crippen molar-refractivity contribution in [1.82, 2.24) is 14.7 Å². The zero-order valence-corrected chi connectivity index (χ0v) is 15.6. The maximum atomic E-state index is 12.8. The smallest absolute Gasteiger partial charge is 0.274 e. The van der Waals surface area contributed by atoms with E-state index in [-0.39, 0.29) is 24.4 Å². The zero-order chi connectivity index (χ0) is 16.8. The third kappa shape index (κ3) is 3.28. The lowest BCUT2D eigenvalue weighted by Crippen LogP contribution is -2.33. The van der Waals surface area contributed by atoms with Crippen LogP contribution in [0.1, 0.15) is 29.0 Å². The van der Waals surface area contributed by atoms with Crippen LogP contribution in [0.5, 0.6) is 0 Å². The van der Waals surface area contributed by atoms with E-state index in [1.54, 1.807) is 4.68 Å². The van der Waals surface area contributed by atoms with Crippen LogP contribution in [0.3, 0.4) is 0 Å². The lowest BCUT2D eigenvalue weighted by atomic mass is 9.98. The molecule has 25 heavy (non-hydrogen) atoms. The predicted molar refractivity (Wildman–Crippen MR) is 101 cm³/mol. The van der Waals surface area contributed by atoms with Crippen molar-refractivity contribution in [3.8, 4) is 5.69 Å². The number of carbonyl (C=O) groups is 1. The standard InChI is InChI=1S/C18H21ClN4O.ClH/c1-11-7-17(21-23(11)14-4-2-3-13(19)8-14)18(24)22-9-12-5-6-16(20)15(12)10-22;/h2-4,7-8,12,15-16H,5-6,9-10,20H2,1H3;1H. The van der Waals surface area contributed by atoms with E-state index in [1.807, 2.05) is 42.2 Å². The van der Waals surface area contributed by atoms with E-state index in [0.29, 0.717) is 22.6 Å². The summed E-state index contributed by atoms with van der Waals surface area (Å²) in [6.45, 7) is 3.51. The Bertz CT molecular complexity index is 791. The molecule has 4 rings (SSSR count). The molecule has 3 atom stereocenters. The van der Waals surface area contributed by atoms with Crippen molar-refractivity contribution >= 4 is 29.9 Å². The lowest BCUT2D eigenvalue weighted by Gasteiger charge is -2.17. The molecule has 134 valence electrons. The number of nitrogens with zero attached hydrogens (tertiary/aromatic N) is 3. The van der Waals surface area contributed by atoms with Crippen LogP contribution < -0.4 is 5.73 Å². The minimum Gasteiger partial charge on any atom is -0.337 e. The van der Waals surface area contributed by atoms with Crippen LogP contribution in [-0.2, 0) is 0 Å². The Morgan fingerprint density at radius 2 is 2.08 bits per heavy atom. The Kier molecular flexibility index (Phi) is 5.09. The molecule has 2 N–H and O–H groups in total. The number of halogens is 2. The summed E-state index contributed by atoms with van der Waals surface area (Å²) < 4.78 is 1.77. The van der Waals surface area contributed by atoms with Crippen LogP contribution in [0.15, 0.2) is 30.3 Å². The van der Waals surface area contributed by atoms with Crippen molar-refractivity contribution in [2.75, 3.05) is 13.1 Å². The van der Waals surface area contributed by atoms with Gasteiger partial charge in [-0.3, -0.25) is 4.79 Å². The SMILES string of the molecule is Cc1cc(C(=O)N2CC3CCC(N)C3C2)nn1-c1cccc(Cl)c1.Cl. The molecule has 2 aliphatic rings. The predicted octanol–water partition coefficient (Wildman–Crippen LogP) is 3.07. The van der Waals surface area contributed by atoms with Gasteiger partial charge in [-0.2, -0.15) is 5.10 Å². The van der Waals surface area contributed by atoms with Crippen molar-refractivity contribution < 1.29 is 4.79 Å². The molecule has 1 amide bonds. The fourth-order valence-corrected chi connectivity index (χ4v) is 4.27. The van der Waals surface area contributed by atoms with Crippen LogP contribution in [0, 0.1) is 18.8 Å². The van der Waals surface area contributed by atoms with Gasteiger partial charge in [0.15, 0.2) is 5.69 Å². The number of hydrogen-bond donors (Lipinski definition) is 1. The summed E-state index contributed by atoms with van der Waals surface area (Å²) in [7, 11) is 0. The van der Waals surface area contributed by atoms with Gasteiger partial charge in [-0.15, -0.1) is 12.4 Å². The quantitative estimate of drug-likeness (QED) is 0.870. The Labute approximate surface area is 158 Å². The van der Waals surface area contributed by atoms with E-state index < -0.39 is 0 Å². The number of hydrogen-bond acceptors (Lipinski definition) is 3. The zero-order valence-electron chi connectivity index (χ0n) is 14.1. The number of nitrogens with two attached hydrogens (primary N) is 1. The largest absolute Gasteiger partial charge is 0.337 e. The number of aromatic nitrogens is 2. The molecule has 0 radical (unpaired) electrons. The molecular formula is C18H22Cl2N4O. The summed E-state index contributed by atoms with van der Waals surface area (Å²) in [5, 5.41) is 5.16. The van der Waals surface area contributed by atoms with Crippen molar-refractivity contribution in [1.29, 1.82) is 0 Å². The normalized spacial score (nSPS) is 24.9. The van der Waals surface area contributed by atoms with E-state index in [1.165, 1.54) is 0 Å². The van der Waals surface area contributed by atoms with E-state index in [0.717, 1.165) is 37.3 Å². The molecule has 1 saturated heterocycles. The van der Waals surface area contributed by atoms with Gasteiger partial charge in [0, 0.05) is 29.8 Å². The first-order chi connectivity index (χ1) is 11.5. The second-order valence-corrected chi connectivity index (χ2v) is 7.37. The number of carbonyl (C=O) groups excluding carboxylic acids is 1. The number of aryl methyl sites for hydroxylation is 1. The van der Waals surface area contributed by atoms with E-state index in [9.17, 15) is 4.79 Å². The average molecular weight is 381 g/mol. The van der Waals surface area contributed by atoms with Gasteiger partial charge in [0.1, 0.15) is 0 Å². The van der Waals surface area contributed by atoms with Crippen molar-refractivity contribution in [3.63, 3.8) is 0 Å². The molecule has 1 aromatic heterocycles. The van der Waals surface area contributed by atoms with E-state index in [2.05, 4.69) is 5.10 Å². The van der Waals surface area contributed by atoms with Crippen LogP contribution >= 0.6 is 24.0 Å². The van der Waals surface area contributed by atoms with Crippen molar-refractivity contribution in [3.05, 3.63) is 46.7 Å². The highest BCUT2D eigenvalue weighted by molar-refractivity contribution is 6.30. The molecule has 1 aromatic carbocycles. The monoisotopic (exact) mass is 380 g/mol. The molecule has 2 heterocycles.